The smallest absolute Gasteiger partial charge is 0.145 e. The fraction of sp³-hybridized carbons (Fsp3) is 0.391. The van der Waals surface area contributed by atoms with Gasteiger partial charge in [0.05, 0.1) is 17.5 Å². The van der Waals surface area contributed by atoms with Crippen LogP contribution >= 0.6 is 15.9 Å². The molecule has 2 aromatic carbocycles. The lowest BCUT2D eigenvalue weighted by molar-refractivity contribution is 0.115. The second-order valence-corrected chi connectivity index (χ2v) is 8.55. The molecule has 4 rings (SSSR count). The van der Waals surface area contributed by atoms with Gasteiger partial charge in [-0.3, -0.25) is 0 Å². The zero-order valence-corrected chi connectivity index (χ0v) is 19.4. The van der Waals surface area contributed by atoms with E-state index in [4.69, 9.17) is 14.2 Å². The van der Waals surface area contributed by atoms with E-state index in [1.165, 1.54) is 0 Å². The fourth-order valence-corrected chi connectivity index (χ4v) is 4.03. The van der Waals surface area contributed by atoms with Gasteiger partial charge < -0.3 is 24.4 Å². The summed E-state index contributed by atoms with van der Waals surface area (Å²) in [5.74, 6) is 2.15. The van der Waals surface area contributed by atoms with Gasteiger partial charge in [0.2, 0.25) is 0 Å². The predicted molar refractivity (Wildman–Crippen MR) is 125 cm³/mol. The average Bonchev–Trinajstić information content (AvgIpc) is 2.76. The van der Waals surface area contributed by atoms with Gasteiger partial charge in [-0.25, -0.2) is 9.97 Å². The Morgan fingerprint density at radius 1 is 1.13 bits per heavy atom. The van der Waals surface area contributed by atoms with E-state index < -0.39 is 0 Å². The molecule has 1 saturated heterocycles. The number of nitrogens with one attached hydrogen (secondary N) is 1. The molecule has 0 saturated carbocycles. The molecule has 1 aliphatic rings. The molecular weight excluding hydrogens is 460 g/mol. The summed E-state index contributed by atoms with van der Waals surface area (Å²) in [4.78, 5) is 11.3. The lowest BCUT2D eigenvalue weighted by Gasteiger charge is -2.30. The number of methoxy groups -OCH3 is 1. The summed E-state index contributed by atoms with van der Waals surface area (Å²) in [6, 6.07) is 11.8. The molecular formula is C23H27BrN4O3. The molecule has 7 nitrogen and oxygen atoms in total. The van der Waals surface area contributed by atoms with E-state index in [0.29, 0.717) is 24.8 Å². The van der Waals surface area contributed by atoms with Crippen LogP contribution in [-0.4, -0.2) is 61.4 Å². The van der Waals surface area contributed by atoms with Crippen molar-refractivity contribution >= 4 is 38.3 Å². The predicted octanol–water partition coefficient (Wildman–Crippen LogP) is 4.63. The maximum Gasteiger partial charge on any atom is 0.145 e. The van der Waals surface area contributed by atoms with E-state index in [0.717, 1.165) is 52.7 Å². The normalized spacial score (nSPS) is 15.2. The highest BCUT2D eigenvalue weighted by atomic mass is 79.9. The summed E-state index contributed by atoms with van der Waals surface area (Å²) in [5, 5.41) is 4.26. The van der Waals surface area contributed by atoms with Gasteiger partial charge in [-0.2, -0.15) is 0 Å². The molecule has 0 bridgehead atoms. The Morgan fingerprint density at radius 3 is 2.74 bits per heavy atom. The molecule has 1 aromatic heterocycles. The van der Waals surface area contributed by atoms with Crippen LogP contribution < -0.4 is 14.8 Å². The molecule has 3 aromatic rings. The van der Waals surface area contributed by atoms with Gasteiger partial charge in [-0.1, -0.05) is 22.0 Å². The topological polar surface area (TPSA) is 68.7 Å². The van der Waals surface area contributed by atoms with Crippen LogP contribution in [0.5, 0.6) is 11.5 Å². The Labute approximate surface area is 190 Å². The molecule has 2 heterocycles. The minimum absolute atomic E-state index is 0.146. The average molecular weight is 487 g/mol. The second kappa shape index (κ2) is 10.3. The van der Waals surface area contributed by atoms with Crippen molar-refractivity contribution in [2.45, 2.75) is 18.9 Å². The largest absolute Gasteiger partial charge is 0.491 e. The summed E-state index contributed by atoms with van der Waals surface area (Å²) in [6.45, 7) is 3.02. The van der Waals surface area contributed by atoms with Crippen molar-refractivity contribution in [1.82, 2.24) is 14.9 Å². The number of rotatable bonds is 8. The number of aromatic nitrogens is 2. The lowest BCUT2D eigenvalue weighted by Crippen LogP contribution is -2.35. The summed E-state index contributed by atoms with van der Waals surface area (Å²) < 4.78 is 18.5. The molecule has 31 heavy (non-hydrogen) atoms. The second-order valence-electron chi connectivity index (χ2n) is 7.63. The highest BCUT2D eigenvalue weighted by Gasteiger charge is 2.21. The summed E-state index contributed by atoms with van der Waals surface area (Å²) in [7, 11) is 3.80. The number of anilines is 2. The van der Waals surface area contributed by atoms with E-state index in [-0.39, 0.29) is 6.10 Å². The zero-order chi connectivity index (χ0) is 21.6. The Balaban J connectivity index is 1.70. The van der Waals surface area contributed by atoms with Crippen molar-refractivity contribution < 1.29 is 14.2 Å². The van der Waals surface area contributed by atoms with Crippen LogP contribution in [0.3, 0.4) is 0 Å². The van der Waals surface area contributed by atoms with Crippen molar-refractivity contribution in [3.05, 3.63) is 47.2 Å². The number of nitrogens with zero attached hydrogens (tertiary/aromatic N) is 3. The molecule has 0 aliphatic carbocycles. The fourth-order valence-electron chi connectivity index (χ4n) is 3.63. The summed E-state index contributed by atoms with van der Waals surface area (Å²) in [6.07, 6.45) is 3.66. The zero-order valence-electron chi connectivity index (χ0n) is 17.8. The maximum absolute atomic E-state index is 6.50. The standard InChI is InChI=1S/C23H27BrN4O3/c1-28-8-6-18(7-9-28)31-21-14-19(30-11-10-29-2)13-20-22(21)23(26-15-25-20)27-17-5-3-4-16(24)12-17/h3-5,12-15,18H,6-11H2,1-2H3,(H,25,26,27). The third-order valence-corrected chi connectivity index (χ3v) is 5.77. The van der Waals surface area contributed by atoms with Crippen molar-refractivity contribution in [2.24, 2.45) is 0 Å². The lowest BCUT2D eigenvalue weighted by atomic mass is 10.1. The van der Waals surface area contributed by atoms with Gasteiger partial charge in [-0.15, -0.1) is 0 Å². The van der Waals surface area contributed by atoms with E-state index >= 15 is 0 Å². The minimum atomic E-state index is 0.146. The number of hydrogen-bond acceptors (Lipinski definition) is 7. The van der Waals surface area contributed by atoms with Crippen LogP contribution in [0.25, 0.3) is 10.9 Å². The molecule has 0 atom stereocenters. The molecule has 0 unspecified atom stereocenters. The van der Waals surface area contributed by atoms with Crippen LogP contribution in [-0.2, 0) is 4.74 Å². The number of fused-ring (bicyclic) bond motifs is 1. The highest BCUT2D eigenvalue weighted by molar-refractivity contribution is 9.10. The monoisotopic (exact) mass is 486 g/mol. The first kappa shape index (κ1) is 21.8. The van der Waals surface area contributed by atoms with Gasteiger partial charge in [-0.05, 0) is 38.1 Å². The third kappa shape index (κ3) is 5.64. The number of benzene rings is 2. The Morgan fingerprint density at radius 2 is 1.97 bits per heavy atom. The summed E-state index contributed by atoms with van der Waals surface area (Å²) in [5.41, 5.74) is 1.70. The van der Waals surface area contributed by atoms with E-state index in [9.17, 15) is 0 Å². The molecule has 1 fully saturated rings. The molecule has 0 spiro atoms. The molecule has 8 heteroatoms. The first-order valence-electron chi connectivity index (χ1n) is 10.4. The number of ether oxygens (including phenoxy) is 3. The van der Waals surface area contributed by atoms with Gasteiger partial charge >= 0.3 is 0 Å². The Kier molecular flexibility index (Phi) is 7.21. The van der Waals surface area contributed by atoms with Crippen molar-refractivity contribution in [2.75, 3.05) is 45.8 Å². The number of likely N-dealkylation sites (tertiary alicyclic amines) is 1. The molecule has 0 amide bonds. The molecule has 0 radical (unpaired) electrons. The van der Waals surface area contributed by atoms with E-state index in [1.54, 1.807) is 13.4 Å². The first-order chi connectivity index (χ1) is 15.1. The van der Waals surface area contributed by atoms with Crippen LogP contribution in [0.2, 0.25) is 0 Å². The minimum Gasteiger partial charge on any atom is -0.491 e. The summed E-state index contributed by atoms with van der Waals surface area (Å²) >= 11 is 3.52. The molecule has 164 valence electrons. The van der Waals surface area contributed by atoms with Gasteiger partial charge in [0.15, 0.2) is 0 Å². The molecule has 1 N–H and O–H groups in total. The van der Waals surface area contributed by atoms with Crippen molar-refractivity contribution in [3.8, 4) is 11.5 Å². The van der Waals surface area contributed by atoms with Crippen LogP contribution in [0, 0.1) is 0 Å². The van der Waals surface area contributed by atoms with Crippen LogP contribution in [0.15, 0.2) is 47.2 Å². The Hall–Kier alpha value is -2.42. The van der Waals surface area contributed by atoms with Crippen molar-refractivity contribution in [1.29, 1.82) is 0 Å². The van der Waals surface area contributed by atoms with Gasteiger partial charge in [0.1, 0.15) is 36.4 Å². The van der Waals surface area contributed by atoms with Crippen LogP contribution in [0.4, 0.5) is 11.5 Å². The maximum atomic E-state index is 6.50. The van der Waals surface area contributed by atoms with Gasteiger partial charge in [0, 0.05) is 42.5 Å². The SMILES string of the molecule is COCCOc1cc(OC2CCN(C)CC2)c2c(Nc3cccc(Br)c3)ncnc2c1. The van der Waals surface area contributed by atoms with E-state index in [1.807, 2.05) is 36.4 Å². The van der Waals surface area contributed by atoms with Crippen LogP contribution in [0.1, 0.15) is 12.8 Å². The first-order valence-corrected chi connectivity index (χ1v) is 11.2. The van der Waals surface area contributed by atoms with Crippen molar-refractivity contribution in [3.63, 3.8) is 0 Å². The Bertz CT molecular complexity index is 1020. The third-order valence-electron chi connectivity index (χ3n) is 5.28. The number of halogens is 1. The quantitative estimate of drug-likeness (QED) is 0.465. The molecule has 1 aliphatic heterocycles. The van der Waals surface area contributed by atoms with E-state index in [2.05, 4.69) is 43.2 Å². The number of hydrogen-bond donors (Lipinski definition) is 1. The van der Waals surface area contributed by atoms with Gasteiger partial charge in [0.25, 0.3) is 0 Å². The number of piperidine rings is 1. The highest BCUT2D eigenvalue weighted by Crippen LogP contribution is 2.37.